The second-order valence-corrected chi connectivity index (χ2v) is 4.38. The molecule has 1 amide bonds. The number of amides is 1. The Kier molecular flexibility index (Phi) is 4.03. The normalized spacial score (nSPS) is 18.1. The van der Waals surface area contributed by atoms with Gasteiger partial charge in [0.2, 0.25) is 0 Å². The van der Waals surface area contributed by atoms with Gasteiger partial charge in [0.25, 0.3) is 5.91 Å². The summed E-state index contributed by atoms with van der Waals surface area (Å²) in [7, 11) is 0. The molecule has 0 bridgehead atoms. The van der Waals surface area contributed by atoms with Crippen LogP contribution in [-0.2, 0) is 9.53 Å². The van der Waals surface area contributed by atoms with Crippen LogP contribution in [-0.4, -0.2) is 51.2 Å². The fourth-order valence-corrected chi connectivity index (χ4v) is 2.28. The van der Waals surface area contributed by atoms with Gasteiger partial charge in [0.05, 0.1) is 13.2 Å². The lowest BCUT2D eigenvalue weighted by Gasteiger charge is -2.29. The Morgan fingerprint density at radius 2 is 2.35 bits per heavy atom. The molecule has 1 aromatic rings. The second kappa shape index (κ2) is 5.52. The molecule has 2 rings (SSSR count). The van der Waals surface area contributed by atoms with Gasteiger partial charge >= 0.3 is 0 Å². The van der Waals surface area contributed by atoms with Gasteiger partial charge in [0, 0.05) is 31.3 Å². The zero-order valence-corrected chi connectivity index (χ0v) is 10.3. The zero-order chi connectivity index (χ0) is 12.3. The monoisotopic (exact) mass is 256 g/mol. The molecule has 7 heteroatoms. The first kappa shape index (κ1) is 12.4. The average molecular weight is 256 g/mol. The highest BCUT2D eigenvalue weighted by molar-refractivity contribution is 7.94. The lowest BCUT2D eigenvalue weighted by molar-refractivity contribution is -0.136. The van der Waals surface area contributed by atoms with E-state index in [-0.39, 0.29) is 5.91 Å². The number of aromatic nitrogens is 2. The molecule has 1 saturated heterocycles. The Bertz CT molecular complexity index is 390. The summed E-state index contributed by atoms with van der Waals surface area (Å²) in [6.07, 6.45) is 4.23. The molecule has 1 aliphatic rings. The van der Waals surface area contributed by atoms with Crippen molar-refractivity contribution in [2.24, 2.45) is 0 Å². The SMILES string of the molecule is Cc1n[c]cn1C(SO)C(=O)N1CCOCC1. The molecule has 1 fully saturated rings. The fourth-order valence-electron chi connectivity index (χ4n) is 1.73. The Hall–Kier alpha value is -1.05. The summed E-state index contributed by atoms with van der Waals surface area (Å²) >= 11 is 0.515. The van der Waals surface area contributed by atoms with E-state index in [0.717, 1.165) is 0 Å². The number of aryl methyl sites for hydroxylation is 1. The molecule has 1 unspecified atom stereocenters. The van der Waals surface area contributed by atoms with E-state index in [1.165, 1.54) is 0 Å². The van der Waals surface area contributed by atoms with Crippen LogP contribution in [0.4, 0.5) is 0 Å². The maximum atomic E-state index is 12.2. The summed E-state index contributed by atoms with van der Waals surface area (Å²) in [4.78, 5) is 17.8. The topological polar surface area (TPSA) is 67.6 Å². The number of morpholine rings is 1. The minimum Gasteiger partial charge on any atom is -0.378 e. The van der Waals surface area contributed by atoms with Crippen molar-refractivity contribution in [3.63, 3.8) is 0 Å². The third kappa shape index (κ3) is 2.62. The van der Waals surface area contributed by atoms with Crippen molar-refractivity contribution in [2.75, 3.05) is 26.3 Å². The highest BCUT2D eigenvalue weighted by Gasteiger charge is 2.28. The molecule has 0 aliphatic carbocycles. The maximum Gasteiger partial charge on any atom is 0.258 e. The summed E-state index contributed by atoms with van der Waals surface area (Å²) in [5.74, 6) is 0.522. The summed E-state index contributed by atoms with van der Waals surface area (Å²) < 4.78 is 16.1. The number of imidazole rings is 1. The van der Waals surface area contributed by atoms with Gasteiger partial charge in [-0.25, -0.2) is 4.98 Å². The van der Waals surface area contributed by atoms with E-state index in [1.807, 2.05) is 0 Å². The van der Waals surface area contributed by atoms with Crippen molar-refractivity contribution in [1.82, 2.24) is 14.5 Å². The van der Waals surface area contributed by atoms with Gasteiger partial charge in [-0.1, -0.05) is 0 Å². The van der Waals surface area contributed by atoms with Gasteiger partial charge in [-0.3, -0.25) is 4.79 Å². The minimum atomic E-state index is -0.688. The van der Waals surface area contributed by atoms with Gasteiger partial charge in [0.1, 0.15) is 12.0 Å². The number of carbonyl (C=O) groups is 1. The zero-order valence-electron chi connectivity index (χ0n) is 9.50. The predicted molar refractivity (Wildman–Crippen MR) is 62.5 cm³/mol. The van der Waals surface area contributed by atoms with E-state index in [2.05, 4.69) is 11.2 Å². The summed E-state index contributed by atoms with van der Waals surface area (Å²) in [6, 6.07) is 0. The van der Waals surface area contributed by atoms with Crippen LogP contribution in [0.25, 0.3) is 0 Å². The van der Waals surface area contributed by atoms with Crippen LogP contribution in [0.5, 0.6) is 0 Å². The molecule has 17 heavy (non-hydrogen) atoms. The number of hydrogen-bond acceptors (Lipinski definition) is 5. The quantitative estimate of drug-likeness (QED) is 0.800. The lowest BCUT2D eigenvalue weighted by Crippen LogP contribution is -2.43. The van der Waals surface area contributed by atoms with Crippen molar-refractivity contribution in [1.29, 1.82) is 0 Å². The Balaban J connectivity index is 2.12. The van der Waals surface area contributed by atoms with Crippen molar-refractivity contribution >= 4 is 17.9 Å². The van der Waals surface area contributed by atoms with Crippen molar-refractivity contribution in [3.8, 4) is 0 Å². The molecule has 1 aromatic heterocycles. The summed E-state index contributed by atoms with van der Waals surface area (Å²) in [6.45, 7) is 3.99. The molecule has 0 spiro atoms. The molecular formula is C10H14N3O3S. The highest BCUT2D eigenvalue weighted by Crippen LogP contribution is 2.23. The van der Waals surface area contributed by atoms with Crippen LogP contribution in [0.3, 0.4) is 0 Å². The first-order chi connectivity index (χ1) is 8.24. The predicted octanol–water partition coefficient (Wildman–Crippen LogP) is 0.555. The average Bonchev–Trinajstić information content (AvgIpc) is 2.78. The van der Waals surface area contributed by atoms with Gasteiger partial charge in [-0.05, 0) is 6.92 Å². The number of carbonyl (C=O) groups excluding carboxylic acids is 1. The standard InChI is InChI=1S/C10H14N3O3S/c1-8-11-2-3-13(8)10(17-15)9(14)12-4-6-16-7-5-12/h3,10,15H,4-7H2,1H3. The third-order valence-electron chi connectivity index (χ3n) is 2.68. The molecule has 2 heterocycles. The van der Waals surface area contributed by atoms with Gasteiger partial charge in [0.15, 0.2) is 5.37 Å². The summed E-state index contributed by atoms with van der Waals surface area (Å²) in [5, 5.41) is -0.688. The van der Waals surface area contributed by atoms with Crippen LogP contribution in [0, 0.1) is 13.1 Å². The minimum absolute atomic E-state index is 0.129. The smallest absolute Gasteiger partial charge is 0.258 e. The number of hydrogen-bond donors (Lipinski definition) is 1. The van der Waals surface area contributed by atoms with E-state index >= 15 is 0 Å². The van der Waals surface area contributed by atoms with Crippen molar-refractivity contribution < 1.29 is 14.1 Å². The Morgan fingerprint density at radius 3 is 2.88 bits per heavy atom. The van der Waals surface area contributed by atoms with Gasteiger partial charge in [-0.15, -0.1) is 0 Å². The fraction of sp³-hybridized carbons (Fsp3) is 0.600. The first-order valence-electron chi connectivity index (χ1n) is 5.32. The second-order valence-electron chi connectivity index (χ2n) is 3.72. The molecule has 1 aliphatic heterocycles. The van der Waals surface area contributed by atoms with Crippen LogP contribution < -0.4 is 0 Å². The first-order valence-corrected chi connectivity index (χ1v) is 6.16. The number of ether oxygens (including phenoxy) is 1. The van der Waals surface area contributed by atoms with Crippen molar-refractivity contribution in [2.45, 2.75) is 12.3 Å². The molecule has 6 nitrogen and oxygen atoms in total. The molecule has 93 valence electrons. The maximum absolute atomic E-state index is 12.2. The van der Waals surface area contributed by atoms with Crippen LogP contribution in [0.1, 0.15) is 11.2 Å². The molecule has 1 N–H and O–H groups in total. The number of nitrogens with zero attached hydrogens (tertiary/aromatic N) is 3. The molecule has 0 saturated carbocycles. The van der Waals surface area contributed by atoms with E-state index in [1.54, 1.807) is 22.6 Å². The van der Waals surface area contributed by atoms with Crippen LogP contribution >= 0.6 is 12.0 Å². The van der Waals surface area contributed by atoms with E-state index in [9.17, 15) is 9.35 Å². The van der Waals surface area contributed by atoms with E-state index in [4.69, 9.17) is 4.74 Å². The summed E-state index contributed by atoms with van der Waals surface area (Å²) in [5.41, 5.74) is 0. The largest absolute Gasteiger partial charge is 0.378 e. The number of rotatable bonds is 3. The van der Waals surface area contributed by atoms with Gasteiger partial charge < -0.3 is 18.8 Å². The molecular weight excluding hydrogens is 242 g/mol. The van der Waals surface area contributed by atoms with Crippen LogP contribution in [0.15, 0.2) is 6.20 Å². The molecule has 1 atom stereocenters. The lowest BCUT2D eigenvalue weighted by atomic mass is 10.4. The third-order valence-corrected chi connectivity index (χ3v) is 3.31. The van der Waals surface area contributed by atoms with E-state index in [0.29, 0.717) is 44.2 Å². The molecule has 0 aromatic carbocycles. The molecule has 1 radical (unpaired) electrons. The van der Waals surface area contributed by atoms with Crippen LogP contribution in [0.2, 0.25) is 0 Å². The Labute approximate surface area is 104 Å². The van der Waals surface area contributed by atoms with E-state index < -0.39 is 5.37 Å². The Morgan fingerprint density at radius 1 is 1.65 bits per heavy atom. The van der Waals surface area contributed by atoms with Gasteiger partial charge in [-0.2, -0.15) is 0 Å². The highest BCUT2D eigenvalue weighted by atomic mass is 32.2. The van der Waals surface area contributed by atoms with Crippen molar-refractivity contribution in [3.05, 3.63) is 18.2 Å².